The number of nitrogens with zero attached hydrogens (tertiary/aromatic N) is 2. The fraction of sp³-hybridized carbons (Fsp3) is 0.167. The van der Waals surface area contributed by atoms with E-state index in [0.717, 1.165) is 11.4 Å². The van der Waals surface area contributed by atoms with Crippen molar-refractivity contribution in [3.63, 3.8) is 0 Å². The van der Waals surface area contributed by atoms with Crippen LogP contribution in [0.3, 0.4) is 0 Å². The number of pyridine rings is 2. The Labute approximate surface area is 94.5 Å². The lowest BCUT2D eigenvalue weighted by Crippen LogP contribution is -2.08. The first-order valence-electron chi connectivity index (χ1n) is 5.13. The zero-order valence-electron chi connectivity index (χ0n) is 9.09. The van der Waals surface area contributed by atoms with Crippen LogP contribution in [0, 0.1) is 0 Å². The molecule has 0 radical (unpaired) electrons. The van der Waals surface area contributed by atoms with Crippen molar-refractivity contribution >= 4 is 11.5 Å². The first-order valence-corrected chi connectivity index (χ1v) is 5.13. The third kappa shape index (κ3) is 2.48. The Morgan fingerprint density at radius 1 is 1.25 bits per heavy atom. The fourth-order valence-electron chi connectivity index (χ4n) is 1.43. The molecule has 2 aromatic rings. The van der Waals surface area contributed by atoms with Gasteiger partial charge in [0, 0.05) is 12.4 Å². The molecule has 16 heavy (non-hydrogen) atoms. The van der Waals surface area contributed by atoms with Crippen molar-refractivity contribution in [2.75, 3.05) is 11.1 Å². The van der Waals surface area contributed by atoms with Crippen LogP contribution in [0.5, 0.6) is 0 Å². The normalized spacial score (nSPS) is 12.1. The average Bonchev–Trinajstić information content (AvgIpc) is 2.33. The van der Waals surface area contributed by atoms with Crippen molar-refractivity contribution in [3.05, 3.63) is 48.4 Å². The van der Waals surface area contributed by atoms with Crippen LogP contribution < -0.4 is 11.1 Å². The molecule has 82 valence electrons. The van der Waals surface area contributed by atoms with E-state index in [4.69, 9.17) is 5.73 Å². The van der Waals surface area contributed by atoms with E-state index >= 15 is 0 Å². The quantitative estimate of drug-likeness (QED) is 0.822. The highest BCUT2D eigenvalue weighted by Crippen LogP contribution is 2.16. The van der Waals surface area contributed by atoms with E-state index in [0.29, 0.717) is 5.69 Å². The Balaban J connectivity index is 2.08. The first-order chi connectivity index (χ1) is 7.75. The lowest BCUT2D eigenvalue weighted by molar-refractivity contribution is 0.866. The molecule has 4 heteroatoms. The minimum absolute atomic E-state index is 0.171. The Kier molecular flexibility index (Phi) is 3.00. The van der Waals surface area contributed by atoms with Crippen LogP contribution in [0.1, 0.15) is 18.5 Å². The van der Waals surface area contributed by atoms with Gasteiger partial charge in [-0.05, 0) is 30.7 Å². The summed E-state index contributed by atoms with van der Waals surface area (Å²) in [5.41, 5.74) is 7.36. The minimum atomic E-state index is 0.171. The summed E-state index contributed by atoms with van der Waals surface area (Å²) in [5.74, 6) is 0.811. The maximum atomic E-state index is 5.57. The topological polar surface area (TPSA) is 63.8 Å². The summed E-state index contributed by atoms with van der Waals surface area (Å²) in [6, 6.07) is 7.81. The second-order valence-electron chi connectivity index (χ2n) is 3.63. The second kappa shape index (κ2) is 4.61. The molecule has 4 nitrogen and oxygen atoms in total. The molecule has 0 fully saturated rings. The molecule has 0 saturated carbocycles. The molecule has 3 N–H and O–H groups in total. The summed E-state index contributed by atoms with van der Waals surface area (Å²) in [5, 5.41) is 3.28. The van der Waals surface area contributed by atoms with Gasteiger partial charge in [-0.25, -0.2) is 4.98 Å². The number of anilines is 2. The van der Waals surface area contributed by atoms with E-state index in [2.05, 4.69) is 22.2 Å². The number of nitrogen functional groups attached to an aromatic ring is 1. The molecule has 0 aliphatic rings. The smallest absolute Gasteiger partial charge is 0.126 e. The van der Waals surface area contributed by atoms with Gasteiger partial charge in [-0.3, -0.25) is 4.98 Å². The van der Waals surface area contributed by atoms with Gasteiger partial charge in [-0.15, -0.1) is 0 Å². The zero-order chi connectivity index (χ0) is 11.4. The van der Waals surface area contributed by atoms with Gasteiger partial charge >= 0.3 is 0 Å². The van der Waals surface area contributed by atoms with E-state index in [1.807, 2.05) is 30.5 Å². The highest BCUT2D eigenvalue weighted by Gasteiger charge is 2.05. The summed E-state index contributed by atoms with van der Waals surface area (Å²) in [6.07, 6.45) is 5.24. The molecule has 2 aromatic heterocycles. The van der Waals surface area contributed by atoms with Crippen LogP contribution in [0.4, 0.5) is 11.5 Å². The standard InChI is InChI=1S/C12H14N4/c1-9(10-3-2-6-14-7-10)16-12-5-4-11(13)8-15-12/h2-9H,13H2,1H3,(H,15,16). The molecule has 2 rings (SSSR count). The molecule has 0 amide bonds. The average molecular weight is 214 g/mol. The number of hydrogen-bond acceptors (Lipinski definition) is 4. The summed E-state index contributed by atoms with van der Waals surface area (Å²) in [6.45, 7) is 2.06. The van der Waals surface area contributed by atoms with Gasteiger partial charge in [0.15, 0.2) is 0 Å². The molecule has 1 unspecified atom stereocenters. The highest BCUT2D eigenvalue weighted by atomic mass is 15.0. The van der Waals surface area contributed by atoms with Crippen LogP contribution >= 0.6 is 0 Å². The Hall–Kier alpha value is -2.10. The third-order valence-electron chi connectivity index (χ3n) is 2.34. The monoisotopic (exact) mass is 214 g/mol. The lowest BCUT2D eigenvalue weighted by atomic mass is 10.1. The van der Waals surface area contributed by atoms with E-state index in [1.165, 1.54) is 0 Å². The zero-order valence-corrected chi connectivity index (χ0v) is 9.09. The molecule has 0 spiro atoms. The number of aromatic nitrogens is 2. The van der Waals surface area contributed by atoms with E-state index in [-0.39, 0.29) is 6.04 Å². The van der Waals surface area contributed by atoms with Gasteiger partial charge in [0.25, 0.3) is 0 Å². The number of hydrogen-bond donors (Lipinski definition) is 2. The maximum Gasteiger partial charge on any atom is 0.126 e. The minimum Gasteiger partial charge on any atom is -0.397 e. The van der Waals surface area contributed by atoms with Crippen LogP contribution in [-0.4, -0.2) is 9.97 Å². The Morgan fingerprint density at radius 3 is 2.75 bits per heavy atom. The number of rotatable bonds is 3. The number of nitrogens with two attached hydrogens (primary N) is 1. The van der Waals surface area contributed by atoms with Crippen molar-refractivity contribution in [3.8, 4) is 0 Å². The molecule has 0 aliphatic heterocycles. The summed E-state index contributed by atoms with van der Waals surface area (Å²) in [4.78, 5) is 8.27. The van der Waals surface area contributed by atoms with Crippen LogP contribution in [-0.2, 0) is 0 Å². The lowest BCUT2D eigenvalue weighted by Gasteiger charge is -2.14. The second-order valence-corrected chi connectivity index (χ2v) is 3.63. The third-order valence-corrected chi connectivity index (χ3v) is 2.34. The van der Waals surface area contributed by atoms with E-state index in [9.17, 15) is 0 Å². The summed E-state index contributed by atoms with van der Waals surface area (Å²) in [7, 11) is 0. The van der Waals surface area contributed by atoms with Crippen molar-refractivity contribution < 1.29 is 0 Å². The maximum absolute atomic E-state index is 5.57. The molecule has 1 atom stereocenters. The molecular weight excluding hydrogens is 200 g/mol. The molecular formula is C12H14N4. The Bertz CT molecular complexity index is 438. The van der Waals surface area contributed by atoms with Crippen LogP contribution in [0.25, 0.3) is 0 Å². The summed E-state index contributed by atoms with van der Waals surface area (Å²) < 4.78 is 0. The largest absolute Gasteiger partial charge is 0.397 e. The molecule has 0 saturated heterocycles. The van der Waals surface area contributed by atoms with Gasteiger partial charge in [0.05, 0.1) is 17.9 Å². The molecule has 0 bridgehead atoms. The van der Waals surface area contributed by atoms with Crippen molar-refractivity contribution in [1.29, 1.82) is 0 Å². The van der Waals surface area contributed by atoms with E-state index in [1.54, 1.807) is 12.4 Å². The van der Waals surface area contributed by atoms with Crippen molar-refractivity contribution in [2.45, 2.75) is 13.0 Å². The Morgan fingerprint density at radius 2 is 2.12 bits per heavy atom. The summed E-state index contributed by atoms with van der Waals surface area (Å²) >= 11 is 0. The van der Waals surface area contributed by atoms with Crippen molar-refractivity contribution in [1.82, 2.24) is 9.97 Å². The highest BCUT2D eigenvalue weighted by molar-refractivity contribution is 5.44. The first kappa shape index (κ1) is 10.4. The molecule has 0 aromatic carbocycles. The van der Waals surface area contributed by atoms with E-state index < -0.39 is 0 Å². The molecule has 0 aliphatic carbocycles. The van der Waals surface area contributed by atoms with Gasteiger partial charge in [0.1, 0.15) is 5.82 Å². The van der Waals surface area contributed by atoms with Crippen LogP contribution in [0.2, 0.25) is 0 Å². The predicted octanol–water partition coefficient (Wildman–Crippen LogP) is 2.23. The van der Waals surface area contributed by atoms with Crippen LogP contribution in [0.15, 0.2) is 42.9 Å². The number of nitrogens with one attached hydrogen (secondary N) is 1. The van der Waals surface area contributed by atoms with Gasteiger partial charge < -0.3 is 11.1 Å². The predicted molar refractivity (Wildman–Crippen MR) is 64.9 cm³/mol. The molecule has 2 heterocycles. The van der Waals surface area contributed by atoms with Gasteiger partial charge in [-0.2, -0.15) is 0 Å². The van der Waals surface area contributed by atoms with Gasteiger partial charge in [0.2, 0.25) is 0 Å². The van der Waals surface area contributed by atoms with Gasteiger partial charge in [-0.1, -0.05) is 6.07 Å². The SMILES string of the molecule is CC(Nc1ccc(N)cn1)c1cccnc1. The fourth-order valence-corrected chi connectivity index (χ4v) is 1.43. The van der Waals surface area contributed by atoms with Crippen molar-refractivity contribution in [2.24, 2.45) is 0 Å².